The van der Waals surface area contributed by atoms with Crippen molar-refractivity contribution in [3.8, 4) is 17.6 Å². The Hall–Kier alpha value is -3.24. The average molecular weight is 379 g/mol. The van der Waals surface area contributed by atoms with Gasteiger partial charge in [0.05, 0.1) is 6.54 Å². The van der Waals surface area contributed by atoms with Crippen molar-refractivity contribution in [1.29, 1.82) is 0 Å². The van der Waals surface area contributed by atoms with Crippen LogP contribution in [0.5, 0.6) is 5.75 Å². The van der Waals surface area contributed by atoms with Gasteiger partial charge in [0.1, 0.15) is 12.4 Å². The van der Waals surface area contributed by atoms with Crippen molar-refractivity contribution in [3.05, 3.63) is 63.6 Å². The van der Waals surface area contributed by atoms with Crippen molar-refractivity contribution in [1.82, 2.24) is 9.58 Å². The van der Waals surface area contributed by atoms with Crippen molar-refractivity contribution in [3.63, 3.8) is 0 Å². The highest BCUT2D eigenvalue weighted by Crippen LogP contribution is 2.27. The summed E-state index contributed by atoms with van der Waals surface area (Å²) < 4.78 is 7.29. The Morgan fingerprint density at radius 3 is 2.61 bits per heavy atom. The molecule has 0 atom stereocenters. The average Bonchev–Trinajstić information content (AvgIpc) is 3.49. The molecular formula is C21H25N5O2. The highest BCUT2D eigenvalue weighted by Gasteiger charge is 2.17. The molecule has 1 aromatic carbocycles. The molecule has 3 rings (SSSR count). The Morgan fingerprint density at radius 1 is 1.32 bits per heavy atom. The fraction of sp³-hybridized carbons (Fsp3) is 0.333. The number of hydrogen-bond donors (Lipinski definition) is 2. The van der Waals surface area contributed by atoms with E-state index in [0.717, 1.165) is 16.8 Å². The lowest BCUT2D eigenvalue weighted by atomic mass is 10.1. The third-order valence-corrected chi connectivity index (χ3v) is 4.53. The zero-order valence-electron chi connectivity index (χ0n) is 16.2. The number of ether oxygens (including phenoxy) is 1. The molecule has 2 aromatic rings. The first-order valence-corrected chi connectivity index (χ1v) is 9.16. The predicted octanol–water partition coefficient (Wildman–Crippen LogP) is 1.42. The van der Waals surface area contributed by atoms with Crippen LogP contribution in [0.2, 0.25) is 0 Å². The highest BCUT2D eigenvalue weighted by atomic mass is 16.5. The molecule has 0 spiro atoms. The summed E-state index contributed by atoms with van der Waals surface area (Å²) in [7, 11) is 1.61. The summed E-state index contributed by atoms with van der Waals surface area (Å²) >= 11 is 0. The van der Waals surface area contributed by atoms with Gasteiger partial charge in [-0.2, -0.15) is 5.10 Å². The molecule has 1 saturated carbocycles. The highest BCUT2D eigenvalue weighted by molar-refractivity contribution is 5.82. The van der Waals surface area contributed by atoms with Gasteiger partial charge in [0, 0.05) is 30.3 Å². The molecule has 1 fully saturated rings. The number of aryl methyl sites for hydroxylation is 1. The van der Waals surface area contributed by atoms with E-state index < -0.39 is 0 Å². The second-order valence-electron chi connectivity index (χ2n) is 6.94. The Bertz CT molecular complexity index is 977. The molecule has 1 heterocycles. The maximum Gasteiger partial charge on any atom is 0.254 e. The smallest absolute Gasteiger partial charge is 0.254 e. The summed E-state index contributed by atoms with van der Waals surface area (Å²) in [5.74, 6) is 18.7. The summed E-state index contributed by atoms with van der Waals surface area (Å²) in [6, 6.07) is 11.3. The number of likely N-dealkylation sites (N-methyl/N-ethyl adjacent to an activating group) is 1. The van der Waals surface area contributed by atoms with Crippen molar-refractivity contribution < 1.29 is 4.74 Å². The van der Waals surface area contributed by atoms with E-state index in [4.69, 9.17) is 16.4 Å². The Labute approximate surface area is 164 Å². The topological polar surface area (TPSA) is 98.9 Å². The first kappa shape index (κ1) is 19.5. The quantitative estimate of drug-likeness (QED) is 0.269. The number of hydrazone groups is 1. The van der Waals surface area contributed by atoms with Crippen LogP contribution in [-0.4, -0.2) is 29.1 Å². The van der Waals surface area contributed by atoms with Gasteiger partial charge in [-0.15, -0.1) is 0 Å². The van der Waals surface area contributed by atoms with Gasteiger partial charge in [0.2, 0.25) is 0 Å². The van der Waals surface area contributed by atoms with Gasteiger partial charge in [0.15, 0.2) is 5.84 Å². The Balaban J connectivity index is 1.69. The first-order valence-electron chi connectivity index (χ1n) is 9.16. The van der Waals surface area contributed by atoms with Crippen LogP contribution < -0.4 is 22.0 Å². The number of benzene rings is 1. The van der Waals surface area contributed by atoms with Gasteiger partial charge in [-0.3, -0.25) is 9.80 Å². The molecule has 146 valence electrons. The van der Waals surface area contributed by atoms with Gasteiger partial charge in [-0.05, 0) is 43.5 Å². The van der Waals surface area contributed by atoms with Crippen molar-refractivity contribution >= 4 is 5.84 Å². The zero-order valence-corrected chi connectivity index (χ0v) is 16.2. The second-order valence-corrected chi connectivity index (χ2v) is 6.94. The molecule has 28 heavy (non-hydrogen) atoms. The minimum atomic E-state index is -0.139. The summed E-state index contributed by atoms with van der Waals surface area (Å²) in [6.45, 7) is 2.44. The number of hydrazine groups is 1. The van der Waals surface area contributed by atoms with E-state index in [1.54, 1.807) is 11.6 Å². The number of amidine groups is 1. The molecule has 0 unspecified atom stereocenters. The minimum Gasteiger partial charge on any atom is -0.485 e. The van der Waals surface area contributed by atoms with Crippen LogP contribution in [0.4, 0.5) is 0 Å². The lowest BCUT2D eigenvalue weighted by Crippen LogP contribution is -2.38. The zero-order chi connectivity index (χ0) is 20.1. The lowest BCUT2D eigenvalue weighted by molar-refractivity contribution is 0.350. The van der Waals surface area contributed by atoms with Crippen LogP contribution in [0.3, 0.4) is 0 Å². The van der Waals surface area contributed by atoms with Crippen molar-refractivity contribution in [2.24, 2.45) is 22.7 Å². The largest absolute Gasteiger partial charge is 0.485 e. The maximum absolute atomic E-state index is 12.5. The van der Waals surface area contributed by atoms with Crippen molar-refractivity contribution in [2.75, 3.05) is 13.7 Å². The van der Waals surface area contributed by atoms with Gasteiger partial charge in [0.25, 0.3) is 5.56 Å². The summed E-state index contributed by atoms with van der Waals surface area (Å²) in [4.78, 5) is 12.5. The van der Waals surface area contributed by atoms with Gasteiger partial charge in [-0.25, -0.2) is 5.84 Å². The van der Waals surface area contributed by atoms with E-state index in [1.807, 2.05) is 37.3 Å². The molecule has 1 aromatic heterocycles. The van der Waals surface area contributed by atoms with Crippen LogP contribution >= 0.6 is 0 Å². The monoisotopic (exact) mass is 379 g/mol. The van der Waals surface area contributed by atoms with E-state index >= 15 is 0 Å². The molecular weight excluding hydrogens is 354 g/mol. The van der Waals surface area contributed by atoms with Crippen LogP contribution in [-0.2, 0) is 6.54 Å². The van der Waals surface area contributed by atoms with Crippen LogP contribution in [0.15, 0.2) is 46.3 Å². The molecule has 4 N–H and O–H groups in total. The number of hydrogen-bond acceptors (Lipinski definition) is 5. The molecule has 0 saturated heterocycles. The number of pyridine rings is 1. The number of nitrogens with two attached hydrogens (primary N) is 2. The fourth-order valence-corrected chi connectivity index (χ4v) is 2.65. The fourth-order valence-electron chi connectivity index (χ4n) is 2.65. The third kappa shape index (κ3) is 5.15. The van der Waals surface area contributed by atoms with E-state index in [1.165, 1.54) is 23.9 Å². The van der Waals surface area contributed by atoms with E-state index in [0.29, 0.717) is 24.0 Å². The summed E-state index contributed by atoms with van der Waals surface area (Å²) in [5, 5.41) is 4.82. The third-order valence-electron chi connectivity index (χ3n) is 4.53. The number of aromatic nitrogens is 1. The first-order chi connectivity index (χ1) is 13.5. The second kappa shape index (κ2) is 8.63. The number of nitrogens with zero attached hydrogens (tertiary/aromatic N) is 3. The minimum absolute atomic E-state index is 0.0791. The molecule has 7 nitrogen and oxygen atoms in total. The summed E-state index contributed by atoms with van der Waals surface area (Å²) in [6.07, 6.45) is 2.44. The van der Waals surface area contributed by atoms with Gasteiger partial charge in [-0.1, -0.05) is 24.0 Å². The van der Waals surface area contributed by atoms with Crippen LogP contribution in [0.1, 0.15) is 29.7 Å². The SMILES string of the molecule is Cc1cc(OC/C(=N/N)N(C)N)cc(=O)n1Cc1ccc(C#CC2CC2)cc1. The van der Waals surface area contributed by atoms with Crippen molar-refractivity contribution in [2.45, 2.75) is 26.3 Å². The molecule has 1 aliphatic carbocycles. The summed E-state index contributed by atoms with van der Waals surface area (Å²) in [5.41, 5.74) is 2.70. The Kier molecular flexibility index (Phi) is 6.02. The van der Waals surface area contributed by atoms with Gasteiger partial charge < -0.3 is 15.1 Å². The van der Waals surface area contributed by atoms with E-state index in [-0.39, 0.29) is 12.2 Å². The number of rotatable bonds is 5. The molecule has 7 heteroatoms. The van der Waals surface area contributed by atoms with Gasteiger partial charge >= 0.3 is 0 Å². The maximum atomic E-state index is 12.5. The molecule has 0 bridgehead atoms. The molecule has 1 aliphatic rings. The van der Waals surface area contributed by atoms with E-state index in [9.17, 15) is 4.79 Å². The van der Waals surface area contributed by atoms with Crippen LogP contribution in [0, 0.1) is 24.7 Å². The molecule has 0 radical (unpaired) electrons. The molecule has 0 amide bonds. The molecule has 0 aliphatic heterocycles. The predicted molar refractivity (Wildman–Crippen MR) is 110 cm³/mol. The normalized spacial score (nSPS) is 13.6. The standard InChI is InChI=1S/C21H25N5O2/c1-15-11-19(28-14-20(24-22)25(2)23)12-21(27)26(15)13-18-9-7-17(8-10-18)6-5-16-3-4-16/h7-12,16H,3-4,13-14,22-23H2,1-2H3/b24-20-. The van der Waals surface area contributed by atoms with E-state index in [2.05, 4.69) is 16.9 Å². The lowest BCUT2D eigenvalue weighted by Gasteiger charge is -2.16. The van der Waals surface area contributed by atoms with Crippen LogP contribution in [0.25, 0.3) is 0 Å². The Morgan fingerprint density at radius 2 is 2.04 bits per heavy atom.